The summed E-state index contributed by atoms with van der Waals surface area (Å²) in [5, 5.41) is 40.0. The van der Waals surface area contributed by atoms with Crippen LogP contribution in [0.4, 0.5) is 0 Å². The molecule has 1 aromatic carbocycles. The minimum absolute atomic E-state index is 0.0147. The van der Waals surface area contributed by atoms with Crippen LogP contribution in [0.25, 0.3) is 0 Å². The summed E-state index contributed by atoms with van der Waals surface area (Å²) in [7, 11) is -4.82. The number of nitrogens with zero attached hydrogens (tertiary/aromatic N) is 1. The van der Waals surface area contributed by atoms with E-state index in [1.807, 2.05) is 0 Å². The molecule has 130 valence electrons. The van der Waals surface area contributed by atoms with Crippen molar-refractivity contribution in [2.45, 2.75) is 25.0 Å². The lowest BCUT2D eigenvalue weighted by atomic mass is 9.83. The summed E-state index contributed by atoms with van der Waals surface area (Å²) < 4.78 is 14.4. The van der Waals surface area contributed by atoms with Gasteiger partial charge in [-0.15, -0.1) is 0 Å². The van der Waals surface area contributed by atoms with E-state index < -0.39 is 19.5 Å². The fourth-order valence-corrected chi connectivity index (χ4v) is 2.90. The van der Waals surface area contributed by atoms with Gasteiger partial charge in [-0.25, -0.2) is 4.57 Å². The Labute approximate surface area is 138 Å². The van der Waals surface area contributed by atoms with Crippen LogP contribution in [0.1, 0.15) is 24.8 Å². The van der Waals surface area contributed by atoms with Gasteiger partial charge in [0.05, 0.1) is 11.5 Å². The van der Waals surface area contributed by atoms with E-state index in [1.54, 1.807) is 0 Å². The van der Waals surface area contributed by atoms with E-state index in [-0.39, 0.29) is 29.2 Å². The van der Waals surface area contributed by atoms with Gasteiger partial charge in [0.1, 0.15) is 5.75 Å². The fourth-order valence-electron chi connectivity index (χ4n) is 2.41. The number of hydrogen-bond donors (Lipinski definition) is 6. The zero-order valence-electron chi connectivity index (χ0n) is 12.7. The molecule has 0 spiro atoms. The molecule has 1 atom stereocenters. The molecule has 0 heterocycles. The van der Waals surface area contributed by atoms with Crippen molar-refractivity contribution in [2.24, 2.45) is 4.76 Å². The van der Waals surface area contributed by atoms with Crippen molar-refractivity contribution in [1.82, 2.24) is 0 Å². The maximum absolute atomic E-state index is 11.1. The molecule has 0 radical (unpaired) electrons. The van der Waals surface area contributed by atoms with Crippen LogP contribution in [-0.4, -0.2) is 41.7 Å². The number of aliphatic hydroxyl groups is 3. The number of aromatic hydroxyl groups is 1. The summed E-state index contributed by atoms with van der Waals surface area (Å²) in [6, 6.07) is 5.76. The molecule has 0 aliphatic heterocycles. The number of phenolic OH excluding ortho intramolecular Hbond substituents is 1. The summed E-state index contributed by atoms with van der Waals surface area (Å²) in [5.41, 5.74) is -0.0452. The highest BCUT2D eigenvalue weighted by Crippen LogP contribution is 2.41. The smallest absolute Gasteiger partial charge is 0.448 e. The highest BCUT2D eigenvalue weighted by molar-refractivity contribution is 7.50. The largest absolute Gasteiger partial charge is 0.512 e. The molecule has 1 aliphatic rings. The third-order valence-corrected chi connectivity index (χ3v) is 4.25. The molecule has 8 nitrogen and oxygen atoms in total. The molecule has 1 unspecified atom stereocenters. The molecule has 0 saturated carbocycles. The average Bonchev–Trinajstić information content (AvgIpc) is 2.45. The zero-order chi connectivity index (χ0) is 18.1. The SMILES string of the molecule is CC(c1ccc(O)cc1)C(O)(O)C1=CC=C(O)CC1=NP(=O)(O)O. The van der Waals surface area contributed by atoms with E-state index in [9.17, 15) is 25.0 Å². The van der Waals surface area contributed by atoms with Gasteiger partial charge in [0, 0.05) is 17.9 Å². The van der Waals surface area contributed by atoms with Gasteiger partial charge in [-0.3, -0.25) is 0 Å². The molecule has 24 heavy (non-hydrogen) atoms. The number of allylic oxidation sites excluding steroid dienone is 3. The van der Waals surface area contributed by atoms with E-state index in [4.69, 9.17) is 9.79 Å². The van der Waals surface area contributed by atoms with Crippen molar-refractivity contribution >= 4 is 13.5 Å². The Hall–Kier alpha value is -1.96. The summed E-state index contributed by atoms with van der Waals surface area (Å²) >= 11 is 0. The quantitative estimate of drug-likeness (QED) is 0.353. The molecule has 0 fully saturated rings. The van der Waals surface area contributed by atoms with Crippen molar-refractivity contribution in [1.29, 1.82) is 0 Å². The number of phenols is 1. The van der Waals surface area contributed by atoms with Crippen LogP contribution in [0.3, 0.4) is 0 Å². The maximum atomic E-state index is 11.1. The Balaban J connectivity index is 2.46. The van der Waals surface area contributed by atoms with Crippen LogP contribution in [-0.2, 0) is 4.57 Å². The Morgan fingerprint density at radius 3 is 2.25 bits per heavy atom. The van der Waals surface area contributed by atoms with Crippen molar-refractivity contribution in [2.75, 3.05) is 0 Å². The first kappa shape index (κ1) is 18.4. The highest BCUT2D eigenvalue weighted by atomic mass is 31.2. The second-order valence-corrected chi connectivity index (χ2v) is 6.74. The summed E-state index contributed by atoms with van der Waals surface area (Å²) in [4.78, 5) is 18.1. The van der Waals surface area contributed by atoms with Gasteiger partial charge in [-0.05, 0) is 29.8 Å². The van der Waals surface area contributed by atoms with Gasteiger partial charge >= 0.3 is 7.75 Å². The number of aliphatic hydroxyl groups excluding tert-OH is 1. The first-order valence-corrected chi connectivity index (χ1v) is 8.56. The van der Waals surface area contributed by atoms with Gasteiger partial charge < -0.3 is 30.2 Å². The van der Waals surface area contributed by atoms with E-state index in [0.717, 1.165) is 6.08 Å². The first-order chi connectivity index (χ1) is 11.0. The third-order valence-electron chi connectivity index (χ3n) is 3.75. The van der Waals surface area contributed by atoms with E-state index in [0.29, 0.717) is 5.56 Å². The molecular weight excluding hydrogens is 337 g/mol. The van der Waals surface area contributed by atoms with Gasteiger partial charge in [0.2, 0.25) is 0 Å². The Kier molecular flexibility index (Phi) is 4.98. The monoisotopic (exact) mass is 355 g/mol. The van der Waals surface area contributed by atoms with E-state index >= 15 is 0 Å². The number of hydrogen-bond acceptors (Lipinski definition) is 5. The van der Waals surface area contributed by atoms with Crippen molar-refractivity contribution in [3.63, 3.8) is 0 Å². The number of benzene rings is 1. The topological polar surface area (TPSA) is 151 Å². The second-order valence-electron chi connectivity index (χ2n) is 5.51. The first-order valence-electron chi connectivity index (χ1n) is 6.99. The Morgan fingerprint density at radius 1 is 1.12 bits per heavy atom. The van der Waals surface area contributed by atoms with E-state index in [2.05, 4.69) is 4.76 Å². The minimum atomic E-state index is -4.82. The maximum Gasteiger partial charge on any atom is 0.448 e. The summed E-state index contributed by atoms with van der Waals surface area (Å²) in [5.74, 6) is -3.60. The third kappa shape index (κ3) is 4.11. The molecule has 6 N–H and O–H groups in total. The molecule has 9 heteroatoms. The summed E-state index contributed by atoms with van der Waals surface area (Å²) in [6.07, 6.45) is 2.03. The normalized spacial score (nSPS) is 19.0. The van der Waals surface area contributed by atoms with Gasteiger partial charge in [-0.2, -0.15) is 4.76 Å². The van der Waals surface area contributed by atoms with Gasteiger partial charge in [0.15, 0.2) is 5.79 Å². The van der Waals surface area contributed by atoms with Crippen LogP contribution >= 0.6 is 7.75 Å². The van der Waals surface area contributed by atoms with Crippen molar-refractivity contribution in [3.05, 3.63) is 53.3 Å². The second kappa shape index (κ2) is 6.51. The Morgan fingerprint density at radius 2 is 1.71 bits per heavy atom. The Bertz CT molecular complexity index is 759. The minimum Gasteiger partial charge on any atom is -0.512 e. The molecule has 2 rings (SSSR count). The molecule has 0 amide bonds. The fraction of sp³-hybridized carbons (Fsp3) is 0.267. The lowest BCUT2D eigenvalue weighted by Gasteiger charge is -2.33. The van der Waals surface area contributed by atoms with Crippen molar-refractivity contribution in [3.8, 4) is 5.75 Å². The highest BCUT2D eigenvalue weighted by Gasteiger charge is 2.40. The lowest BCUT2D eigenvalue weighted by molar-refractivity contribution is -0.139. The van der Waals surface area contributed by atoms with E-state index in [1.165, 1.54) is 37.3 Å². The molecule has 1 aromatic rings. The van der Waals surface area contributed by atoms with Crippen LogP contribution in [0, 0.1) is 0 Å². The predicted molar refractivity (Wildman–Crippen MR) is 86.6 cm³/mol. The molecule has 1 aliphatic carbocycles. The standard InChI is InChI=1S/C15H18NO7P/c1-9(10-2-4-11(17)5-3-10)15(19,20)13-7-6-12(18)8-14(13)16-24(21,22)23/h2-7,9,17-20H,8H2,1H3,(H2,21,22,23). The lowest BCUT2D eigenvalue weighted by Crippen LogP contribution is -2.40. The van der Waals surface area contributed by atoms with Gasteiger partial charge in [-0.1, -0.05) is 19.1 Å². The van der Waals surface area contributed by atoms with Crippen LogP contribution in [0.5, 0.6) is 5.75 Å². The van der Waals surface area contributed by atoms with Crippen LogP contribution in [0.15, 0.2) is 52.5 Å². The molecule has 0 bridgehead atoms. The molecular formula is C15H18NO7P. The van der Waals surface area contributed by atoms with Crippen LogP contribution in [0.2, 0.25) is 0 Å². The number of rotatable bonds is 4. The molecule has 0 aromatic heterocycles. The van der Waals surface area contributed by atoms with Crippen molar-refractivity contribution < 1.29 is 34.8 Å². The zero-order valence-corrected chi connectivity index (χ0v) is 13.6. The predicted octanol–water partition coefficient (Wildman–Crippen LogP) is 1.48. The van der Waals surface area contributed by atoms with Crippen LogP contribution < -0.4 is 0 Å². The molecule has 0 saturated heterocycles. The summed E-state index contributed by atoms with van der Waals surface area (Å²) in [6.45, 7) is 1.50. The van der Waals surface area contributed by atoms with Gasteiger partial charge in [0.25, 0.3) is 0 Å². The average molecular weight is 355 g/mol.